The normalized spacial score (nSPS) is 19.6. The summed E-state index contributed by atoms with van der Waals surface area (Å²) in [5.41, 5.74) is 1.49. The number of nitrogens with zero attached hydrogens (tertiary/aromatic N) is 3. The number of alkyl halides is 3. The van der Waals surface area contributed by atoms with E-state index in [0.717, 1.165) is 43.4 Å². The largest absolute Gasteiger partial charge is 0.419 e. The fourth-order valence-electron chi connectivity index (χ4n) is 3.97. The van der Waals surface area contributed by atoms with E-state index in [1.807, 2.05) is 6.08 Å². The maximum absolute atomic E-state index is 13.7. The van der Waals surface area contributed by atoms with Gasteiger partial charge in [0.05, 0.1) is 24.6 Å². The van der Waals surface area contributed by atoms with E-state index in [-0.39, 0.29) is 17.7 Å². The Bertz CT molecular complexity index is 1130. The lowest BCUT2D eigenvalue weighted by molar-refractivity contribution is -0.137. The minimum absolute atomic E-state index is 0.0763. The average Bonchev–Trinajstić information content (AvgIpc) is 3.43. The number of halogens is 3. The number of pyridine rings is 1. The van der Waals surface area contributed by atoms with E-state index in [4.69, 9.17) is 4.74 Å². The van der Waals surface area contributed by atoms with Gasteiger partial charge in [-0.15, -0.1) is 0 Å². The summed E-state index contributed by atoms with van der Waals surface area (Å²) in [6, 6.07) is 3.64. The van der Waals surface area contributed by atoms with Crippen LogP contribution in [0, 0.1) is 0 Å². The third-order valence-electron chi connectivity index (χ3n) is 5.55. The maximum Gasteiger partial charge on any atom is 0.419 e. The molecule has 0 unspecified atom stereocenters. The van der Waals surface area contributed by atoms with Crippen molar-refractivity contribution >= 4 is 22.6 Å². The van der Waals surface area contributed by atoms with Gasteiger partial charge in [-0.2, -0.15) is 13.2 Å². The molecule has 0 spiro atoms. The van der Waals surface area contributed by atoms with Crippen LogP contribution in [0.1, 0.15) is 24.1 Å². The molecule has 3 N–H and O–H groups in total. The van der Waals surface area contributed by atoms with Gasteiger partial charge in [0.15, 0.2) is 0 Å². The zero-order valence-corrected chi connectivity index (χ0v) is 16.6. The Kier molecular flexibility index (Phi) is 5.11. The van der Waals surface area contributed by atoms with Crippen molar-refractivity contribution in [2.24, 2.45) is 0 Å². The first-order valence-corrected chi connectivity index (χ1v) is 10.2. The molecule has 1 fully saturated rings. The van der Waals surface area contributed by atoms with Gasteiger partial charge in [0.1, 0.15) is 11.2 Å². The Morgan fingerprint density at radius 2 is 2.10 bits per heavy atom. The SMILES string of the molecule is FC(F)(F)c1cnc(N[C@H]2CCCNC2)nc1-c1c[nH]c2nc(C3=CCOC3)ccc12. The summed E-state index contributed by atoms with van der Waals surface area (Å²) < 4.78 is 46.6. The number of nitrogens with one attached hydrogen (secondary N) is 3. The molecule has 5 rings (SSSR count). The lowest BCUT2D eigenvalue weighted by atomic mass is 10.1. The molecule has 7 nitrogen and oxygen atoms in total. The summed E-state index contributed by atoms with van der Waals surface area (Å²) in [6.07, 6.45) is 1.63. The molecule has 3 aromatic rings. The molecule has 0 radical (unpaired) electrons. The molecule has 0 saturated carbocycles. The quantitative estimate of drug-likeness (QED) is 0.586. The minimum Gasteiger partial charge on any atom is -0.373 e. The first-order valence-electron chi connectivity index (χ1n) is 10.2. The van der Waals surface area contributed by atoms with Crippen molar-refractivity contribution in [3.05, 3.63) is 41.9 Å². The number of H-pyrrole nitrogens is 1. The molecule has 0 aromatic carbocycles. The Balaban J connectivity index is 1.55. The smallest absolute Gasteiger partial charge is 0.373 e. The molecule has 0 amide bonds. The number of piperidine rings is 1. The second-order valence-electron chi connectivity index (χ2n) is 7.68. The Hall–Kier alpha value is -2.98. The van der Waals surface area contributed by atoms with Gasteiger partial charge in [-0.1, -0.05) is 6.08 Å². The van der Waals surface area contributed by atoms with Crippen LogP contribution in [-0.4, -0.2) is 52.3 Å². The average molecular weight is 430 g/mol. The Labute approximate surface area is 176 Å². The molecule has 1 saturated heterocycles. The van der Waals surface area contributed by atoms with Crippen molar-refractivity contribution in [2.45, 2.75) is 25.1 Å². The molecule has 2 aliphatic heterocycles. The van der Waals surface area contributed by atoms with E-state index in [0.29, 0.717) is 29.8 Å². The van der Waals surface area contributed by atoms with Gasteiger partial charge in [0, 0.05) is 41.5 Å². The number of aromatic nitrogens is 4. The van der Waals surface area contributed by atoms with Crippen LogP contribution >= 0.6 is 0 Å². The van der Waals surface area contributed by atoms with Crippen LogP contribution in [0.3, 0.4) is 0 Å². The van der Waals surface area contributed by atoms with E-state index in [1.165, 1.54) is 6.20 Å². The second kappa shape index (κ2) is 7.93. The Morgan fingerprint density at radius 3 is 2.84 bits per heavy atom. The minimum atomic E-state index is -4.58. The topological polar surface area (TPSA) is 87.8 Å². The predicted molar refractivity (Wildman–Crippen MR) is 110 cm³/mol. The number of rotatable bonds is 4. The summed E-state index contributed by atoms with van der Waals surface area (Å²) in [4.78, 5) is 15.8. The molecular formula is C21H21F3N6O. The number of hydrogen-bond donors (Lipinski definition) is 3. The molecule has 0 aliphatic carbocycles. The number of anilines is 1. The summed E-state index contributed by atoms with van der Waals surface area (Å²) in [5, 5.41) is 6.98. The number of fused-ring (bicyclic) bond motifs is 1. The molecule has 162 valence electrons. The summed E-state index contributed by atoms with van der Waals surface area (Å²) in [5.74, 6) is 0.184. The lowest BCUT2D eigenvalue weighted by Crippen LogP contribution is -2.38. The van der Waals surface area contributed by atoms with Crippen LogP contribution in [0.25, 0.3) is 27.9 Å². The molecule has 31 heavy (non-hydrogen) atoms. The lowest BCUT2D eigenvalue weighted by Gasteiger charge is -2.24. The van der Waals surface area contributed by atoms with E-state index < -0.39 is 11.7 Å². The molecule has 2 aliphatic rings. The van der Waals surface area contributed by atoms with Crippen molar-refractivity contribution in [3.63, 3.8) is 0 Å². The highest BCUT2D eigenvalue weighted by Crippen LogP contribution is 2.38. The maximum atomic E-state index is 13.7. The highest BCUT2D eigenvalue weighted by atomic mass is 19.4. The molecule has 3 aromatic heterocycles. The van der Waals surface area contributed by atoms with Crippen LogP contribution in [0.4, 0.5) is 19.1 Å². The first kappa shape index (κ1) is 20.0. The van der Waals surface area contributed by atoms with Crippen LogP contribution < -0.4 is 10.6 Å². The van der Waals surface area contributed by atoms with Crippen LogP contribution in [0.15, 0.2) is 30.6 Å². The van der Waals surface area contributed by atoms with Gasteiger partial charge in [-0.05, 0) is 31.5 Å². The van der Waals surface area contributed by atoms with Gasteiger partial charge in [0.25, 0.3) is 0 Å². The van der Waals surface area contributed by atoms with Crippen molar-refractivity contribution in [3.8, 4) is 11.3 Å². The van der Waals surface area contributed by atoms with Gasteiger partial charge < -0.3 is 20.4 Å². The van der Waals surface area contributed by atoms with Crippen LogP contribution in [0.5, 0.6) is 0 Å². The van der Waals surface area contributed by atoms with Crippen LogP contribution in [0.2, 0.25) is 0 Å². The predicted octanol–water partition coefficient (Wildman–Crippen LogP) is 3.62. The van der Waals surface area contributed by atoms with Crippen molar-refractivity contribution in [1.29, 1.82) is 0 Å². The monoisotopic (exact) mass is 430 g/mol. The molecule has 0 bridgehead atoms. The number of ether oxygens (including phenoxy) is 1. The highest BCUT2D eigenvalue weighted by Gasteiger charge is 2.36. The third kappa shape index (κ3) is 4.00. The summed E-state index contributed by atoms with van der Waals surface area (Å²) in [7, 11) is 0. The van der Waals surface area contributed by atoms with Crippen molar-refractivity contribution < 1.29 is 17.9 Å². The zero-order valence-electron chi connectivity index (χ0n) is 16.6. The standard InChI is InChI=1S/C21H21F3N6O/c22-21(23,24)16-10-27-20(28-13-2-1-6-25-8-13)30-18(16)15-9-26-19-14(15)3-4-17(29-19)12-5-7-31-11-12/h3-5,9-10,13,25H,1-2,6-8,11H2,(H,26,29)(H,27,28,30)/t13-/m0/s1. The van der Waals surface area contributed by atoms with E-state index in [9.17, 15) is 13.2 Å². The summed E-state index contributed by atoms with van der Waals surface area (Å²) in [6.45, 7) is 2.66. The van der Waals surface area contributed by atoms with Crippen molar-refractivity contribution in [2.75, 3.05) is 31.6 Å². The summed E-state index contributed by atoms with van der Waals surface area (Å²) >= 11 is 0. The van der Waals surface area contributed by atoms with E-state index >= 15 is 0 Å². The fourth-order valence-corrected chi connectivity index (χ4v) is 3.97. The van der Waals surface area contributed by atoms with Gasteiger partial charge in [-0.25, -0.2) is 15.0 Å². The third-order valence-corrected chi connectivity index (χ3v) is 5.55. The van der Waals surface area contributed by atoms with E-state index in [1.54, 1.807) is 12.1 Å². The Morgan fingerprint density at radius 1 is 1.19 bits per heavy atom. The second-order valence-corrected chi connectivity index (χ2v) is 7.68. The van der Waals surface area contributed by atoms with Crippen molar-refractivity contribution in [1.82, 2.24) is 25.3 Å². The molecule has 5 heterocycles. The molecular weight excluding hydrogens is 409 g/mol. The number of hydrogen-bond acceptors (Lipinski definition) is 6. The highest BCUT2D eigenvalue weighted by molar-refractivity contribution is 5.94. The molecule has 10 heteroatoms. The van der Waals surface area contributed by atoms with Gasteiger partial charge in [-0.3, -0.25) is 0 Å². The zero-order chi connectivity index (χ0) is 21.4. The fraction of sp³-hybridized carbons (Fsp3) is 0.381. The van der Waals surface area contributed by atoms with Crippen LogP contribution in [-0.2, 0) is 10.9 Å². The van der Waals surface area contributed by atoms with Gasteiger partial charge >= 0.3 is 6.18 Å². The van der Waals surface area contributed by atoms with E-state index in [2.05, 4.69) is 30.6 Å². The number of aromatic amines is 1. The molecule has 1 atom stereocenters. The first-order chi connectivity index (χ1) is 15.0. The van der Waals surface area contributed by atoms with Gasteiger partial charge in [0.2, 0.25) is 5.95 Å².